The van der Waals surface area contributed by atoms with E-state index in [0.717, 1.165) is 13.0 Å². The Morgan fingerprint density at radius 3 is 3.12 bits per heavy atom. The Morgan fingerprint density at radius 2 is 2.38 bits per heavy atom. The van der Waals surface area contributed by atoms with Gasteiger partial charge in [0.25, 0.3) is 5.91 Å². The van der Waals surface area contributed by atoms with Crippen molar-refractivity contribution in [3.8, 4) is 0 Å². The first kappa shape index (κ1) is 9.45. The van der Waals surface area contributed by atoms with Gasteiger partial charge in [0.1, 0.15) is 5.69 Å². The molecule has 84 valence electrons. The molecule has 2 aliphatic heterocycles. The molecule has 2 saturated heterocycles. The lowest BCUT2D eigenvalue weighted by Gasteiger charge is -2.21. The molecule has 2 aliphatic rings. The van der Waals surface area contributed by atoms with Crippen LogP contribution in [0.2, 0.25) is 0 Å². The number of nitrogens with zero attached hydrogens (tertiary/aromatic N) is 1. The summed E-state index contributed by atoms with van der Waals surface area (Å²) in [5.74, 6) is 0.0491. The van der Waals surface area contributed by atoms with Crippen molar-refractivity contribution in [1.82, 2.24) is 15.2 Å². The molecule has 2 amide bonds. The van der Waals surface area contributed by atoms with E-state index in [-0.39, 0.29) is 23.9 Å². The van der Waals surface area contributed by atoms with Crippen LogP contribution in [0.4, 0.5) is 0 Å². The summed E-state index contributed by atoms with van der Waals surface area (Å²) in [6, 6.07) is 3.77. The van der Waals surface area contributed by atoms with Gasteiger partial charge in [-0.2, -0.15) is 0 Å². The van der Waals surface area contributed by atoms with E-state index in [1.54, 1.807) is 23.2 Å². The Kier molecular flexibility index (Phi) is 1.99. The monoisotopic (exact) mass is 219 g/mol. The maximum atomic E-state index is 12.1. The third kappa shape index (κ3) is 1.31. The second kappa shape index (κ2) is 3.37. The zero-order chi connectivity index (χ0) is 11.1. The van der Waals surface area contributed by atoms with Crippen molar-refractivity contribution in [1.29, 1.82) is 0 Å². The molecule has 2 N–H and O–H groups in total. The second-order valence-electron chi connectivity index (χ2n) is 4.32. The van der Waals surface area contributed by atoms with Crippen LogP contribution in [0.25, 0.3) is 0 Å². The predicted molar refractivity (Wildman–Crippen MR) is 56.8 cm³/mol. The summed E-state index contributed by atoms with van der Waals surface area (Å²) in [4.78, 5) is 28.1. The first-order chi connectivity index (χ1) is 7.75. The fraction of sp³-hybridized carbons (Fsp3) is 0.455. The summed E-state index contributed by atoms with van der Waals surface area (Å²) >= 11 is 0. The molecule has 3 rings (SSSR count). The Labute approximate surface area is 92.8 Å². The van der Waals surface area contributed by atoms with Crippen LogP contribution in [0.3, 0.4) is 0 Å². The Hall–Kier alpha value is -1.78. The van der Waals surface area contributed by atoms with Crippen LogP contribution in [-0.4, -0.2) is 40.3 Å². The molecule has 1 aromatic rings. The van der Waals surface area contributed by atoms with Gasteiger partial charge in [0.2, 0.25) is 5.91 Å². The molecule has 5 heteroatoms. The third-order valence-electron chi connectivity index (χ3n) is 3.38. The van der Waals surface area contributed by atoms with Crippen molar-refractivity contribution in [2.24, 2.45) is 0 Å². The van der Waals surface area contributed by atoms with Crippen LogP contribution in [0.15, 0.2) is 18.3 Å². The molecule has 0 aliphatic carbocycles. The largest absolute Gasteiger partial charge is 0.357 e. The second-order valence-corrected chi connectivity index (χ2v) is 4.32. The minimum Gasteiger partial charge on any atom is -0.357 e. The van der Waals surface area contributed by atoms with Gasteiger partial charge >= 0.3 is 0 Å². The zero-order valence-corrected chi connectivity index (χ0v) is 8.77. The molecule has 2 fully saturated rings. The van der Waals surface area contributed by atoms with Crippen LogP contribution in [-0.2, 0) is 4.79 Å². The molecule has 0 spiro atoms. The van der Waals surface area contributed by atoms with Crippen molar-refractivity contribution in [3.63, 3.8) is 0 Å². The zero-order valence-electron chi connectivity index (χ0n) is 8.77. The van der Waals surface area contributed by atoms with E-state index in [9.17, 15) is 9.59 Å². The van der Waals surface area contributed by atoms with Crippen molar-refractivity contribution >= 4 is 11.8 Å². The summed E-state index contributed by atoms with van der Waals surface area (Å²) in [6.45, 7) is 0.730. The number of amides is 2. The molecule has 0 unspecified atom stereocenters. The van der Waals surface area contributed by atoms with Gasteiger partial charge < -0.3 is 15.2 Å². The maximum absolute atomic E-state index is 12.1. The Morgan fingerprint density at radius 1 is 1.50 bits per heavy atom. The van der Waals surface area contributed by atoms with Crippen LogP contribution in [0.1, 0.15) is 23.3 Å². The number of H-pyrrole nitrogens is 1. The van der Waals surface area contributed by atoms with Crippen LogP contribution in [0.5, 0.6) is 0 Å². The summed E-state index contributed by atoms with van der Waals surface area (Å²) in [7, 11) is 0. The van der Waals surface area contributed by atoms with Crippen LogP contribution < -0.4 is 5.32 Å². The Bertz CT molecular complexity index is 426. The predicted octanol–water partition coefficient (Wildman–Crippen LogP) is 0.118. The summed E-state index contributed by atoms with van der Waals surface area (Å²) < 4.78 is 0. The van der Waals surface area contributed by atoms with Gasteiger partial charge in [-0.25, -0.2) is 0 Å². The third-order valence-corrected chi connectivity index (χ3v) is 3.38. The smallest absolute Gasteiger partial charge is 0.270 e. The first-order valence-corrected chi connectivity index (χ1v) is 5.49. The van der Waals surface area contributed by atoms with Crippen molar-refractivity contribution in [2.75, 3.05) is 6.54 Å². The van der Waals surface area contributed by atoms with Crippen LogP contribution >= 0.6 is 0 Å². The lowest BCUT2D eigenvalue weighted by atomic mass is 10.1. The minimum absolute atomic E-state index is 0.00556. The molecule has 3 heterocycles. The fourth-order valence-corrected chi connectivity index (χ4v) is 2.60. The number of hydrogen-bond acceptors (Lipinski definition) is 2. The number of fused-ring (bicyclic) bond motifs is 1. The minimum atomic E-state index is -0.00556. The summed E-state index contributed by atoms with van der Waals surface area (Å²) in [6.07, 6.45) is 3.04. The van der Waals surface area contributed by atoms with E-state index in [0.29, 0.717) is 12.1 Å². The molecule has 5 nitrogen and oxygen atoms in total. The van der Waals surface area contributed by atoms with Gasteiger partial charge in [-0.1, -0.05) is 0 Å². The van der Waals surface area contributed by atoms with E-state index in [1.807, 2.05) is 0 Å². The highest BCUT2D eigenvalue weighted by Crippen LogP contribution is 2.26. The number of carbonyl (C=O) groups excluding carboxylic acids is 2. The molecule has 0 aromatic carbocycles. The molecule has 16 heavy (non-hydrogen) atoms. The summed E-state index contributed by atoms with van der Waals surface area (Å²) in [5.41, 5.74) is 0.597. The van der Waals surface area contributed by atoms with E-state index in [4.69, 9.17) is 0 Å². The number of aromatic nitrogens is 1. The number of carbonyl (C=O) groups is 2. The van der Waals surface area contributed by atoms with Gasteiger partial charge in [0, 0.05) is 19.2 Å². The molecule has 0 saturated carbocycles. The van der Waals surface area contributed by atoms with Crippen molar-refractivity contribution in [3.05, 3.63) is 24.0 Å². The lowest BCUT2D eigenvalue weighted by Crippen LogP contribution is -2.38. The van der Waals surface area contributed by atoms with Gasteiger partial charge in [-0.15, -0.1) is 0 Å². The lowest BCUT2D eigenvalue weighted by molar-refractivity contribution is -0.119. The van der Waals surface area contributed by atoms with Crippen LogP contribution in [0, 0.1) is 0 Å². The average molecular weight is 219 g/mol. The number of hydrogen-bond donors (Lipinski definition) is 2. The quantitative estimate of drug-likeness (QED) is 0.704. The van der Waals surface area contributed by atoms with Gasteiger partial charge in [-0.05, 0) is 18.6 Å². The van der Waals surface area contributed by atoms with E-state index in [2.05, 4.69) is 10.3 Å². The first-order valence-electron chi connectivity index (χ1n) is 5.49. The fourth-order valence-electron chi connectivity index (χ4n) is 2.60. The van der Waals surface area contributed by atoms with Crippen molar-refractivity contribution in [2.45, 2.75) is 24.9 Å². The highest BCUT2D eigenvalue weighted by Gasteiger charge is 2.43. The number of nitrogens with one attached hydrogen (secondary N) is 2. The SMILES string of the molecule is O=C1C[C@H]2[C@@H](CCN2C(=O)c2ccc[nH]2)N1. The number of likely N-dealkylation sites (tertiary alicyclic amines) is 1. The van der Waals surface area contributed by atoms with Gasteiger partial charge in [0.05, 0.1) is 12.1 Å². The van der Waals surface area contributed by atoms with Gasteiger partial charge in [-0.3, -0.25) is 9.59 Å². The molecule has 0 radical (unpaired) electrons. The number of aromatic amines is 1. The average Bonchev–Trinajstić information content (AvgIpc) is 2.90. The van der Waals surface area contributed by atoms with Gasteiger partial charge in [0.15, 0.2) is 0 Å². The topological polar surface area (TPSA) is 65.2 Å². The molecule has 2 atom stereocenters. The van der Waals surface area contributed by atoms with Crippen molar-refractivity contribution < 1.29 is 9.59 Å². The molecular weight excluding hydrogens is 206 g/mol. The normalized spacial score (nSPS) is 28.0. The highest BCUT2D eigenvalue weighted by atomic mass is 16.2. The maximum Gasteiger partial charge on any atom is 0.270 e. The molecule has 1 aromatic heterocycles. The van der Waals surface area contributed by atoms with E-state index in [1.165, 1.54) is 0 Å². The van der Waals surface area contributed by atoms with E-state index >= 15 is 0 Å². The highest BCUT2D eigenvalue weighted by molar-refractivity contribution is 5.94. The van der Waals surface area contributed by atoms with E-state index < -0.39 is 0 Å². The Balaban J connectivity index is 1.81. The standard InChI is InChI=1S/C11H13N3O2/c15-10-6-9-7(13-10)3-5-14(9)11(16)8-2-1-4-12-8/h1-2,4,7,9,12H,3,5-6H2,(H,13,15)/t7-,9+/m1/s1. The number of rotatable bonds is 1. The summed E-state index contributed by atoms with van der Waals surface area (Å²) in [5, 5.41) is 2.90. The molecule has 0 bridgehead atoms. The molecular formula is C11H13N3O2.